The molecule has 3 N–H and O–H groups in total. The number of amides is 1. The number of carbonyl (C=O) groups excluding carboxylic acids is 1. The Kier molecular flexibility index (Phi) is 5.76. The van der Waals surface area contributed by atoms with Gasteiger partial charge in [-0.3, -0.25) is 4.79 Å². The maximum Gasteiger partial charge on any atom is 0.246 e. The number of ether oxygens (including phenoxy) is 2. The second-order valence-electron chi connectivity index (χ2n) is 6.72. The third kappa shape index (κ3) is 4.73. The van der Waals surface area contributed by atoms with E-state index in [0.717, 1.165) is 5.69 Å². The molecule has 0 bridgehead atoms. The van der Waals surface area contributed by atoms with Crippen molar-refractivity contribution in [3.05, 3.63) is 42.5 Å². The quantitative estimate of drug-likeness (QED) is 0.654. The molecule has 0 aromatic heterocycles. The Bertz CT molecular complexity index is 958. The molecule has 1 unspecified atom stereocenters. The topological polar surface area (TPSA) is 106 Å². The molecule has 0 fully saturated rings. The van der Waals surface area contributed by atoms with E-state index in [1.807, 2.05) is 0 Å². The van der Waals surface area contributed by atoms with Gasteiger partial charge in [0, 0.05) is 23.5 Å². The van der Waals surface area contributed by atoms with Gasteiger partial charge >= 0.3 is 0 Å². The number of anilines is 2. The van der Waals surface area contributed by atoms with Crippen molar-refractivity contribution in [1.29, 1.82) is 0 Å². The van der Waals surface area contributed by atoms with Crippen molar-refractivity contribution in [3.63, 3.8) is 0 Å². The van der Waals surface area contributed by atoms with Crippen LogP contribution in [0.25, 0.3) is 0 Å². The predicted molar refractivity (Wildman–Crippen MR) is 106 cm³/mol. The Labute approximate surface area is 164 Å². The van der Waals surface area contributed by atoms with E-state index < -0.39 is 16.1 Å². The molecule has 8 nitrogen and oxygen atoms in total. The lowest BCUT2D eigenvalue weighted by atomic mass is 10.2. The zero-order valence-corrected chi connectivity index (χ0v) is 16.7. The Morgan fingerprint density at radius 1 is 0.964 bits per heavy atom. The molecule has 28 heavy (non-hydrogen) atoms. The smallest absolute Gasteiger partial charge is 0.246 e. The van der Waals surface area contributed by atoms with Crippen molar-refractivity contribution >= 4 is 27.3 Å². The van der Waals surface area contributed by atoms with Crippen LogP contribution in [0.15, 0.2) is 47.4 Å². The Morgan fingerprint density at radius 3 is 2.29 bits per heavy atom. The van der Waals surface area contributed by atoms with E-state index in [-0.39, 0.29) is 23.6 Å². The molecule has 1 aliphatic heterocycles. The van der Waals surface area contributed by atoms with Gasteiger partial charge in [-0.25, -0.2) is 13.1 Å². The second kappa shape index (κ2) is 8.07. The van der Waals surface area contributed by atoms with Gasteiger partial charge in [0.15, 0.2) is 11.5 Å². The summed E-state index contributed by atoms with van der Waals surface area (Å²) in [5.41, 5.74) is 1.24. The first-order valence-corrected chi connectivity index (χ1v) is 10.3. The third-order valence-electron chi connectivity index (χ3n) is 3.97. The molecule has 1 atom stereocenters. The van der Waals surface area contributed by atoms with Gasteiger partial charge in [0.05, 0.1) is 4.90 Å². The summed E-state index contributed by atoms with van der Waals surface area (Å²) in [5, 5.41) is 5.86. The van der Waals surface area contributed by atoms with E-state index in [4.69, 9.17) is 9.47 Å². The number of benzene rings is 2. The number of rotatable bonds is 7. The molecule has 1 heterocycles. The number of nitrogens with one attached hydrogen (secondary N) is 3. The molecular weight excluding hydrogens is 382 g/mol. The van der Waals surface area contributed by atoms with Gasteiger partial charge in [0.1, 0.15) is 6.04 Å². The van der Waals surface area contributed by atoms with Crippen molar-refractivity contribution in [1.82, 2.24) is 4.72 Å². The van der Waals surface area contributed by atoms with E-state index in [9.17, 15) is 13.2 Å². The molecule has 0 saturated heterocycles. The van der Waals surface area contributed by atoms with Crippen molar-refractivity contribution in [2.45, 2.75) is 37.8 Å². The summed E-state index contributed by atoms with van der Waals surface area (Å²) in [4.78, 5) is 12.6. The predicted octanol–water partition coefficient (Wildman–Crippen LogP) is 2.54. The number of hydrogen-bond acceptors (Lipinski definition) is 6. The molecule has 150 valence electrons. The summed E-state index contributed by atoms with van der Waals surface area (Å²) in [6.45, 7) is 5.42. The lowest BCUT2D eigenvalue weighted by Gasteiger charge is -2.16. The van der Waals surface area contributed by atoms with Crippen molar-refractivity contribution in [2.75, 3.05) is 17.4 Å². The average Bonchev–Trinajstić information content (AvgIpc) is 3.08. The summed E-state index contributed by atoms with van der Waals surface area (Å²) < 4.78 is 37.4. The number of fused-ring (bicyclic) bond motifs is 1. The third-order valence-corrected chi connectivity index (χ3v) is 5.65. The maximum atomic E-state index is 12.4. The van der Waals surface area contributed by atoms with Gasteiger partial charge < -0.3 is 20.1 Å². The number of carbonyl (C=O) groups is 1. The first-order valence-electron chi connectivity index (χ1n) is 8.84. The van der Waals surface area contributed by atoms with Gasteiger partial charge in [0.25, 0.3) is 0 Å². The van der Waals surface area contributed by atoms with Gasteiger partial charge in [-0.2, -0.15) is 0 Å². The molecule has 9 heteroatoms. The van der Waals surface area contributed by atoms with Crippen LogP contribution in [0, 0.1) is 0 Å². The summed E-state index contributed by atoms with van der Waals surface area (Å²) in [5.74, 6) is 1.04. The fourth-order valence-electron chi connectivity index (χ4n) is 2.65. The molecule has 0 radical (unpaired) electrons. The van der Waals surface area contributed by atoms with E-state index in [0.29, 0.717) is 17.2 Å². The van der Waals surface area contributed by atoms with Crippen LogP contribution in [0.5, 0.6) is 11.5 Å². The van der Waals surface area contributed by atoms with E-state index in [1.54, 1.807) is 51.1 Å². The maximum absolute atomic E-state index is 12.4. The lowest BCUT2D eigenvalue weighted by molar-refractivity contribution is -0.116. The molecule has 2 aromatic rings. The van der Waals surface area contributed by atoms with Crippen molar-refractivity contribution in [2.24, 2.45) is 0 Å². The van der Waals surface area contributed by atoms with Crippen LogP contribution in [0.1, 0.15) is 20.8 Å². The van der Waals surface area contributed by atoms with E-state index >= 15 is 0 Å². The fourth-order valence-corrected chi connectivity index (χ4v) is 3.90. The van der Waals surface area contributed by atoms with Gasteiger partial charge in [-0.15, -0.1) is 0 Å². The Hall–Kier alpha value is -2.78. The highest BCUT2D eigenvalue weighted by Crippen LogP contribution is 2.34. The first-order chi connectivity index (χ1) is 13.2. The minimum Gasteiger partial charge on any atom is -0.454 e. The van der Waals surface area contributed by atoms with Crippen LogP contribution >= 0.6 is 0 Å². The average molecular weight is 405 g/mol. The van der Waals surface area contributed by atoms with Crippen LogP contribution in [0.2, 0.25) is 0 Å². The monoisotopic (exact) mass is 405 g/mol. The summed E-state index contributed by atoms with van der Waals surface area (Å²) in [6, 6.07) is 10.7. The van der Waals surface area contributed by atoms with Gasteiger partial charge in [-0.1, -0.05) is 0 Å². The molecule has 1 amide bonds. The van der Waals surface area contributed by atoms with Gasteiger partial charge in [-0.05, 0) is 57.2 Å². The van der Waals surface area contributed by atoms with Crippen LogP contribution < -0.4 is 24.8 Å². The largest absolute Gasteiger partial charge is 0.454 e. The zero-order chi connectivity index (χ0) is 20.3. The minimum absolute atomic E-state index is 0.144. The summed E-state index contributed by atoms with van der Waals surface area (Å²) >= 11 is 0. The van der Waals surface area contributed by atoms with Crippen LogP contribution in [0.3, 0.4) is 0 Å². The molecule has 2 aromatic carbocycles. The van der Waals surface area contributed by atoms with E-state index in [1.165, 1.54) is 12.1 Å². The summed E-state index contributed by atoms with van der Waals surface area (Å²) in [7, 11) is -3.56. The molecule has 0 spiro atoms. The van der Waals surface area contributed by atoms with Crippen LogP contribution in [0.4, 0.5) is 11.4 Å². The van der Waals surface area contributed by atoms with Crippen molar-refractivity contribution < 1.29 is 22.7 Å². The molecular formula is C19H23N3O5S. The summed E-state index contributed by atoms with van der Waals surface area (Å²) in [6.07, 6.45) is 0. The van der Waals surface area contributed by atoms with E-state index in [2.05, 4.69) is 15.4 Å². The SMILES string of the molecule is CC(C)NS(=O)(=O)c1ccc(NC(=O)C(C)Nc2ccc3c(c2)OCO3)cc1. The normalized spacial score (nSPS) is 14.0. The first kappa shape index (κ1) is 20.0. The number of sulfonamides is 1. The van der Waals surface area contributed by atoms with Gasteiger partial charge in [0.2, 0.25) is 22.7 Å². The second-order valence-corrected chi connectivity index (χ2v) is 8.44. The molecule has 3 rings (SSSR count). The number of hydrogen-bond donors (Lipinski definition) is 3. The standard InChI is InChI=1S/C19H23N3O5S/c1-12(2)22-28(24,25)16-7-4-14(5-8-16)21-19(23)13(3)20-15-6-9-17-18(10-15)27-11-26-17/h4-10,12-13,20,22H,11H2,1-3H3,(H,21,23). The minimum atomic E-state index is -3.56. The van der Waals surface area contributed by atoms with Crippen LogP contribution in [-0.4, -0.2) is 33.2 Å². The van der Waals surface area contributed by atoms with Crippen LogP contribution in [-0.2, 0) is 14.8 Å². The molecule has 1 aliphatic rings. The Balaban J connectivity index is 1.61. The highest BCUT2D eigenvalue weighted by molar-refractivity contribution is 7.89. The highest BCUT2D eigenvalue weighted by Gasteiger charge is 2.18. The lowest BCUT2D eigenvalue weighted by Crippen LogP contribution is -2.32. The van der Waals surface area contributed by atoms with Crippen molar-refractivity contribution in [3.8, 4) is 11.5 Å². The Morgan fingerprint density at radius 2 is 1.61 bits per heavy atom. The zero-order valence-electron chi connectivity index (χ0n) is 15.9. The molecule has 0 saturated carbocycles. The molecule has 0 aliphatic carbocycles. The fraction of sp³-hybridized carbons (Fsp3) is 0.316. The highest BCUT2D eigenvalue weighted by atomic mass is 32.2.